The van der Waals surface area contributed by atoms with E-state index in [0.29, 0.717) is 0 Å². The van der Waals surface area contributed by atoms with E-state index >= 15 is 0 Å². The standard InChI is InChI=1S/C44H29N2OP/c1-5-14-28(15-6-1)41-42(29-16-7-2-8-17-29)46-44-36-27-38-40(34-22-13-23-35(39(34)36)43(44)45-41)33-25-24-32(26-37(33)47-38)48(30-18-9-3-10-19-30)31-20-11-4-12-21-31/h1-27,42,46H. The molecule has 0 bridgehead atoms. The lowest BCUT2D eigenvalue weighted by Crippen LogP contribution is -2.31. The summed E-state index contributed by atoms with van der Waals surface area (Å²) in [6.07, 6.45) is 0. The van der Waals surface area contributed by atoms with E-state index in [2.05, 4.69) is 169 Å². The zero-order chi connectivity index (χ0) is 31.6. The average molecular weight is 633 g/mol. The van der Waals surface area contributed by atoms with Crippen LogP contribution in [0.5, 0.6) is 0 Å². The van der Waals surface area contributed by atoms with Gasteiger partial charge in [-0.2, -0.15) is 0 Å². The summed E-state index contributed by atoms with van der Waals surface area (Å²) in [4.78, 5) is 5.44. The molecule has 0 spiro atoms. The second-order valence-electron chi connectivity index (χ2n) is 12.4. The monoisotopic (exact) mass is 632 g/mol. The second kappa shape index (κ2) is 10.9. The molecule has 0 radical (unpaired) electrons. The van der Waals surface area contributed by atoms with Crippen molar-refractivity contribution in [3.63, 3.8) is 0 Å². The Kier molecular flexibility index (Phi) is 6.22. The molecule has 2 heterocycles. The third kappa shape index (κ3) is 4.22. The Bertz CT molecular complexity index is 2530. The molecule has 1 N–H and O–H groups in total. The summed E-state index contributed by atoms with van der Waals surface area (Å²) in [5.41, 5.74) is 9.52. The van der Waals surface area contributed by atoms with Gasteiger partial charge in [-0.15, -0.1) is 0 Å². The zero-order valence-electron chi connectivity index (χ0n) is 26.0. The first kappa shape index (κ1) is 27.4. The van der Waals surface area contributed by atoms with Gasteiger partial charge in [0.25, 0.3) is 0 Å². The lowest BCUT2D eigenvalue weighted by molar-refractivity contribution is 0.669. The van der Waals surface area contributed by atoms with Gasteiger partial charge >= 0.3 is 0 Å². The molecule has 1 aliphatic carbocycles. The van der Waals surface area contributed by atoms with Gasteiger partial charge in [-0.05, 0) is 58.5 Å². The van der Waals surface area contributed by atoms with Gasteiger partial charge < -0.3 is 9.73 Å². The maximum Gasteiger partial charge on any atom is 0.136 e. The number of nitrogens with one attached hydrogen (secondary N) is 1. The molecule has 1 unspecified atom stereocenters. The summed E-state index contributed by atoms with van der Waals surface area (Å²) >= 11 is 0. The summed E-state index contributed by atoms with van der Waals surface area (Å²) in [5, 5.41) is 12.6. The van der Waals surface area contributed by atoms with Gasteiger partial charge in [-0.3, -0.25) is 0 Å². The Morgan fingerprint density at radius 2 is 1.19 bits per heavy atom. The van der Waals surface area contributed by atoms with Crippen LogP contribution in [0.1, 0.15) is 28.3 Å². The quantitative estimate of drug-likeness (QED) is 0.192. The van der Waals surface area contributed by atoms with Crippen LogP contribution in [0.15, 0.2) is 173 Å². The molecule has 1 atom stereocenters. The molecule has 1 aliphatic heterocycles. The molecule has 1 aromatic heterocycles. The molecule has 0 amide bonds. The number of furan rings is 1. The van der Waals surface area contributed by atoms with Gasteiger partial charge in [0.05, 0.1) is 23.1 Å². The number of hydrogen-bond donors (Lipinski definition) is 1. The summed E-state index contributed by atoms with van der Waals surface area (Å²) in [7, 11) is -0.737. The molecular weight excluding hydrogens is 603 g/mol. The highest BCUT2D eigenvalue weighted by Gasteiger charge is 2.34. The van der Waals surface area contributed by atoms with Crippen molar-refractivity contribution < 1.29 is 4.42 Å². The third-order valence-corrected chi connectivity index (χ3v) is 12.0. The van der Waals surface area contributed by atoms with E-state index in [1.165, 1.54) is 32.2 Å². The highest BCUT2D eigenvalue weighted by atomic mass is 31.1. The summed E-state index contributed by atoms with van der Waals surface area (Å²) in [5.74, 6) is 0. The molecule has 10 rings (SSSR count). The van der Waals surface area contributed by atoms with E-state index < -0.39 is 7.92 Å². The molecule has 226 valence electrons. The predicted molar refractivity (Wildman–Crippen MR) is 202 cm³/mol. The van der Waals surface area contributed by atoms with Crippen molar-refractivity contribution in [2.75, 3.05) is 0 Å². The van der Waals surface area contributed by atoms with Crippen LogP contribution in [0.25, 0.3) is 44.1 Å². The van der Waals surface area contributed by atoms with E-state index in [1.54, 1.807) is 0 Å². The van der Waals surface area contributed by atoms with Crippen molar-refractivity contribution in [3.8, 4) is 0 Å². The molecule has 7 aromatic carbocycles. The van der Waals surface area contributed by atoms with E-state index in [0.717, 1.165) is 55.7 Å². The minimum atomic E-state index is -0.737. The Labute approximate surface area is 279 Å². The molecule has 2 aliphatic rings. The SMILES string of the molecule is c1ccc(C2=NC3=C(NC2c2ccccc2)c2cc4oc5cc(P(c6ccccc6)c6ccccc6)ccc5c4c4cccc3c24)cc1. The third-order valence-electron chi connectivity index (χ3n) is 9.62. The van der Waals surface area contributed by atoms with E-state index in [-0.39, 0.29) is 6.04 Å². The van der Waals surface area contributed by atoms with Crippen LogP contribution < -0.4 is 21.2 Å². The highest BCUT2D eigenvalue weighted by molar-refractivity contribution is 7.79. The van der Waals surface area contributed by atoms with Gasteiger partial charge in [0.1, 0.15) is 11.2 Å². The van der Waals surface area contributed by atoms with Gasteiger partial charge in [-0.1, -0.05) is 146 Å². The normalized spacial score (nSPS) is 15.3. The fourth-order valence-corrected chi connectivity index (χ4v) is 9.83. The summed E-state index contributed by atoms with van der Waals surface area (Å²) < 4.78 is 6.79. The van der Waals surface area contributed by atoms with Crippen molar-refractivity contribution in [1.82, 2.24) is 5.32 Å². The fourth-order valence-electron chi connectivity index (χ4n) is 7.52. The lowest BCUT2D eigenvalue weighted by atomic mass is 9.94. The van der Waals surface area contributed by atoms with Gasteiger partial charge in [0.2, 0.25) is 0 Å². The van der Waals surface area contributed by atoms with E-state index in [9.17, 15) is 0 Å². The first-order valence-corrected chi connectivity index (χ1v) is 17.7. The first-order chi connectivity index (χ1) is 23.8. The maximum absolute atomic E-state index is 6.79. The molecular formula is C44H29N2OP. The van der Waals surface area contributed by atoms with Crippen molar-refractivity contribution in [2.45, 2.75) is 6.04 Å². The van der Waals surface area contributed by atoms with Gasteiger partial charge in [-0.25, -0.2) is 4.99 Å². The first-order valence-electron chi connectivity index (χ1n) is 16.3. The predicted octanol–water partition coefficient (Wildman–Crippen LogP) is 9.47. The molecule has 4 heteroatoms. The van der Waals surface area contributed by atoms with Crippen molar-refractivity contribution >= 4 is 73.7 Å². The van der Waals surface area contributed by atoms with Crippen molar-refractivity contribution in [1.29, 1.82) is 0 Å². The van der Waals surface area contributed by atoms with Gasteiger partial charge in [0, 0.05) is 27.3 Å². The second-order valence-corrected chi connectivity index (χ2v) is 14.6. The average Bonchev–Trinajstić information content (AvgIpc) is 3.68. The van der Waals surface area contributed by atoms with Crippen LogP contribution in [-0.4, -0.2) is 5.71 Å². The van der Waals surface area contributed by atoms with Gasteiger partial charge in [0.15, 0.2) is 0 Å². The zero-order valence-corrected chi connectivity index (χ0v) is 26.9. The number of aliphatic imine (C=N–C) groups is 1. The van der Waals surface area contributed by atoms with Crippen LogP contribution in [-0.2, 0) is 0 Å². The topological polar surface area (TPSA) is 37.5 Å². The van der Waals surface area contributed by atoms with E-state index in [1.807, 2.05) is 0 Å². The summed E-state index contributed by atoms with van der Waals surface area (Å²) in [6.45, 7) is 0. The number of hydrogen-bond acceptors (Lipinski definition) is 3. The van der Waals surface area contributed by atoms with Crippen LogP contribution in [0.2, 0.25) is 0 Å². The minimum absolute atomic E-state index is 0.0825. The smallest absolute Gasteiger partial charge is 0.136 e. The Balaban J connectivity index is 1.16. The molecule has 8 aromatic rings. The van der Waals surface area contributed by atoms with Crippen LogP contribution in [0.3, 0.4) is 0 Å². The number of benzene rings is 7. The van der Waals surface area contributed by atoms with E-state index in [4.69, 9.17) is 9.41 Å². The molecule has 0 saturated heterocycles. The Morgan fingerprint density at radius 3 is 1.90 bits per heavy atom. The van der Waals surface area contributed by atoms with Crippen molar-refractivity contribution in [2.24, 2.45) is 4.99 Å². The summed E-state index contributed by atoms with van der Waals surface area (Å²) in [6, 6.07) is 58.4. The molecule has 3 nitrogen and oxygen atoms in total. The fraction of sp³-hybridized carbons (Fsp3) is 0.0227. The molecule has 0 fully saturated rings. The van der Waals surface area contributed by atoms with Crippen LogP contribution in [0.4, 0.5) is 0 Å². The lowest BCUT2D eigenvalue weighted by Gasteiger charge is -2.28. The number of rotatable bonds is 5. The van der Waals surface area contributed by atoms with Crippen LogP contribution >= 0.6 is 7.92 Å². The molecule has 48 heavy (non-hydrogen) atoms. The molecule has 0 saturated carbocycles. The van der Waals surface area contributed by atoms with Crippen molar-refractivity contribution in [3.05, 3.63) is 186 Å². The number of fused-ring (bicyclic) bond motifs is 6. The Hall–Kier alpha value is -5.76. The minimum Gasteiger partial charge on any atom is -0.456 e. The number of nitrogens with zero attached hydrogens (tertiary/aromatic N) is 1. The highest BCUT2D eigenvalue weighted by Crippen LogP contribution is 2.49. The largest absolute Gasteiger partial charge is 0.456 e. The van der Waals surface area contributed by atoms with Crippen LogP contribution in [0, 0.1) is 0 Å². The Morgan fingerprint density at radius 1 is 0.521 bits per heavy atom. The maximum atomic E-state index is 6.79.